The molecule has 2 heterocycles. The molecular weight excluding hydrogens is 423 g/mol. The third kappa shape index (κ3) is 4.67. The lowest BCUT2D eigenvalue weighted by molar-refractivity contribution is -0.274. The molecule has 1 N–H and O–H groups in total. The van der Waals surface area contributed by atoms with Crippen LogP contribution >= 0.6 is 11.6 Å². The molecule has 160 valence electrons. The number of nitrogens with zero attached hydrogens (tertiary/aromatic N) is 2. The molecule has 0 aliphatic carbocycles. The van der Waals surface area contributed by atoms with Crippen molar-refractivity contribution in [2.75, 3.05) is 6.54 Å². The van der Waals surface area contributed by atoms with Crippen LogP contribution in [0.3, 0.4) is 0 Å². The van der Waals surface area contributed by atoms with Crippen molar-refractivity contribution in [2.24, 2.45) is 0 Å². The van der Waals surface area contributed by atoms with Crippen LogP contribution in [0.15, 0.2) is 30.5 Å². The van der Waals surface area contributed by atoms with E-state index in [0.717, 1.165) is 6.07 Å². The molecule has 6 nitrogen and oxygen atoms in total. The number of fused-ring (bicyclic) bond motifs is 1. The van der Waals surface area contributed by atoms with Crippen LogP contribution in [0.5, 0.6) is 5.75 Å². The van der Waals surface area contributed by atoms with Gasteiger partial charge in [-0.25, -0.2) is 0 Å². The molecule has 0 fully saturated rings. The predicted octanol–water partition coefficient (Wildman–Crippen LogP) is 4.03. The van der Waals surface area contributed by atoms with Crippen molar-refractivity contribution in [2.45, 2.75) is 39.2 Å². The standard InChI is InChI=1S/C20H19ClF3N3O3/c1-3-25-18(28)9-16-14-10-27(19(29)13(14)6-7-26-16)11(2)12-4-5-17(15(21)8-12)30-20(22,23)24/h4-8,11H,3,9-10H2,1-2H3,(H,25,28). The molecule has 1 atom stereocenters. The number of halogens is 4. The molecule has 1 aromatic heterocycles. The van der Waals surface area contributed by atoms with Gasteiger partial charge in [0, 0.05) is 30.4 Å². The Labute approximate surface area is 176 Å². The smallest absolute Gasteiger partial charge is 0.404 e. The van der Waals surface area contributed by atoms with Crippen LogP contribution < -0.4 is 10.1 Å². The zero-order valence-electron chi connectivity index (χ0n) is 16.2. The minimum absolute atomic E-state index is 0.0574. The first-order chi connectivity index (χ1) is 14.1. The van der Waals surface area contributed by atoms with Crippen molar-refractivity contribution >= 4 is 23.4 Å². The lowest BCUT2D eigenvalue weighted by atomic mass is 10.1. The SMILES string of the molecule is CCNC(=O)Cc1nccc2c1CN(C(C)c1ccc(OC(F)(F)F)c(Cl)c1)C2=O. The number of carbonyl (C=O) groups excluding carboxylic acids is 2. The number of likely N-dealkylation sites (N-methyl/N-ethyl adjacent to an activating group) is 1. The van der Waals surface area contributed by atoms with Gasteiger partial charge < -0.3 is 15.0 Å². The molecular formula is C20H19ClF3N3O3. The van der Waals surface area contributed by atoms with E-state index in [4.69, 9.17) is 11.6 Å². The first kappa shape index (κ1) is 21.9. The third-order valence-electron chi connectivity index (χ3n) is 4.80. The van der Waals surface area contributed by atoms with Crippen LogP contribution in [0.1, 0.15) is 47.1 Å². The molecule has 1 unspecified atom stereocenters. The predicted molar refractivity (Wildman–Crippen MR) is 103 cm³/mol. The summed E-state index contributed by atoms with van der Waals surface area (Å²) in [5.41, 5.74) is 2.20. The quantitative estimate of drug-likeness (QED) is 0.734. The Balaban J connectivity index is 1.82. The van der Waals surface area contributed by atoms with E-state index in [1.54, 1.807) is 17.9 Å². The molecule has 30 heavy (non-hydrogen) atoms. The maximum Gasteiger partial charge on any atom is 0.573 e. The Morgan fingerprint density at radius 2 is 2.10 bits per heavy atom. The van der Waals surface area contributed by atoms with Gasteiger partial charge >= 0.3 is 6.36 Å². The number of rotatable bonds is 6. The van der Waals surface area contributed by atoms with Gasteiger partial charge in [0.2, 0.25) is 5.91 Å². The highest BCUT2D eigenvalue weighted by atomic mass is 35.5. The van der Waals surface area contributed by atoms with E-state index in [0.29, 0.717) is 28.9 Å². The molecule has 0 bridgehead atoms. The van der Waals surface area contributed by atoms with Gasteiger partial charge in [0.15, 0.2) is 0 Å². The summed E-state index contributed by atoms with van der Waals surface area (Å²) >= 11 is 5.94. The van der Waals surface area contributed by atoms with Crippen LogP contribution in [0.25, 0.3) is 0 Å². The van der Waals surface area contributed by atoms with Gasteiger partial charge in [0.1, 0.15) is 5.75 Å². The first-order valence-corrected chi connectivity index (χ1v) is 9.58. The number of hydrogen-bond acceptors (Lipinski definition) is 4. The van der Waals surface area contributed by atoms with Crippen molar-refractivity contribution in [3.05, 3.63) is 57.9 Å². The summed E-state index contributed by atoms with van der Waals surface area (Å²) in [5, 5.41) is 2.49. The highest BCUT2D eigenvalue weighted by Crippen LogP contribution is 2.36. The highest BCUT2D eigenvalue weighted by Gasteiger charge is 2.35. The number of benzene rings is 1. The Morgan fingerprint density at radius 1 is 1.37 bits per heavy atom. The number of pyridine rings is 1. The van der Waals surface area contributed by atoms with Crippen LogP contribution in [-0.4, -0.2) is 34.6 Å². The van der Waals surface area contributed by atoms with Crippen molar-refractivity contribution in [1.82, 2.24) is 15.2 Å². The summed E-state index contributed by atoms with van der Waals surface area (Å²) in [5.74, 6) is -0.947. The second kappa shape index (κ2) is 8.51. The van der Waals surface area contributed by atoms with Gasteiger partial charge in [-0.15, -0.1) is 13.2 Å². The zero-order chi connectivity index (χ0) is 22.1. The Hall–Kier alpha value is -2.81. The number of hydrogen-bond donors (Lipinski definition) is 1. The molecule has 0 saturated heterocycles. The number of alkyl halides is 3. The van der Waals surface area contributed by atoms with E-state index in [1.165, 1.54) is 18.3 Å². The van der Waals surface area contributed by atoms with E-state index in [-0.39, 0.29) is 29.8 Å². The summed E-state index contributed by atoms with van der Waals surface area (Å²) in [6.45, 7) is 4.28. The molecule has 1 aromatic carbocycles. The number of aromatic nitrogens is 1. The molecule has 0 spiro atoms. The fraction of sp³-hybridized carbons (Fsp3) is 0.350. The summed E-state index contributed by atoms with van der Waals surface area (Å²) in [6.07, 6.45) is -3.31. The number of amides is 2. The number of nitrogens with one attached hydrogen (secondary N) is 1. The van der Waals surface area contributed by atoms with Gasteiger partial charge in [-0.3, -0.25) is 14.6 Å². The Morgan fingerprint density at radius 3 is 2.73 bits per heavy atom. The molecule has 1 aliphatic heterocycles. The average Bonchev–Trinajstić information content (AvgIpc) is 3.00. The normalized spacial score (nSPS) is 14.5. The summed E-state index contributed by atoms with van der Waals surface area (Å²) in [7, 11) is 0. The van der Waals surface area contributed by atoms with Crippen LogP contribution in [0.2, 0.25) is 5.02 Å². The fourth-order valence-electron chi connectivity index (χ4n) is 3.35. The monoisotopic (exact) mass is 441 g/mol. The Kier molecular flexibility index (Phi) is 6.21. The molecule has 3 rings (SSSR count). The fourth-order valence-corrected chi connectivity index (χ4v) is 3.58. The van der Waals surface area contributed by atoms with Crippen LogP contribution in [0.4, 0.5) is 13.2 Å². The summed E-state index contributed by atoms with van der Waals surface area (Å²) < 4.78 is 41.2. The van der Waals surface area contributed by atoms with Gasteiger partial charge in [-0.2, -0.15) is 0 Å². The van der Waals surface area contributed by atoms with Crippen molar-refractivity contribution in [3.63, 3.8) is 0 Å². The van der Waals surface area contributed by atoms with Gasteiger partial charge in [-0.1, -0.05) is 17.7 Å². The maximum atomic E-state index is 12.9. The second-order valence-corrected chi connectivity index (χ2v) is 7.17. The highest BCUT2D eigenvalue weighted by molar-refractivity contribution is 6.32. The largest absolute Gasteiger partial charge is 0.573 e. The summed E-state index contributed by atoms with van der Waals surface area (Å²) in [4.78, 5) is 30.7. The van der Waals surface area contributed by atoms with Crippen LogP contribution in [-0.2, 0) is 17.8 Å². The molecule has 0 radical (unpaired) electrons. The average molecular weight is 442 g/mol. The van der Waals surface area contributed by atoms with Crippen LogP contribution in [0, 0.1) is 0 Å². The third-order valence-corrected chi connectivity index (χ3v) is 5.09. The zero-order valence-corrected chi connectivity index (χ0v) is 17.0. The van der Waals surface area contributed by atoms with E-state index in [2.05, 4.69) is 15.0 Å². The topological polar surface area (TPSA) is 71.5 Å². The lowest BCUT2D eigenvalue weighted by Gasteiger charge is -2.25. The lowest BCUT2D eigenvalue weighted by Crippen LogP contribution is -2.27. The van der Waals surface area contributed by atoms with E-state index in [9.17, 15) is 22.8 Å². The van der Waals surface area contributed by atoms with Gasteiger partial charge in [0.05, 0.1) is 23.2 Å². The van der Waals surface area contributed by atoms with Gasteiger partial charge in [0.25, 0.3) is 5.91 Å². The van der Waals surface area contributed by atoms with Crippen molar-refractivity contribution in [3.8, 4) is 5.75 Å². The van der Waals surface area contributed by atoms with Crippen molar-refractivity contribution < 1.29 is 27.5 Å². The van der Waals surface area contributed by atoms with Crippen molar-refractivity contribution in [1.29, 1.82) is 0 Å². The number of ether oxygens (including phenoxy) is 1. The minimum atomic E-state index is -4.85. The maximum absolute atomic E-state index is 12.9. The summed E-state index contributed by atoms with van der Waals surface area (Å²) in [6, 6.07) is 5.02. The second-order valence-electron chi connectivity index (χ2n) is 6.76. The Bertz CT molecular complexity index is 981. The number of carbonyl (C=O) groups is 2. The van der Waals surface area contributed by atoms with E-state index in [1.807, 2.05) is 6.92 Å². The van der Waals surface area contributed by atoms with E-state index >= 15 is 0 Å². The molecule has 0 saturated carbocycles. The van der Waals surface area contributed by atoms with Gasteiger partial charge in [-0.05, 0) is 37.6 Å². The van der Waals surface area contributed by atoms with E-state index < -0.39 is 18.2 Å². The minimum Gasteiger partial charge on any atom is -0.404 e. The molecule has 2 amide bonds. The first-order valence-electron chi connectivity index (χ1n) is 9.20. The molecule has 2 aromatic rings. The molecule has 1 aliphatic rings. The molecule has 10 heteroatoms.